The van der Waals surface area contributed by atoms with Crippen molar-refractivity contribution in [1.29, 1.82) is 0 Å². The van der Waals surface area contributed by atoms with Crippen LogP contribution in [0.25, 0.3) is 0 Å². The van der Waals surface area contributed by atoms with Gasteiger partial charge in [-0.05, 0) is 25.9 Å². The number of ketones is 1. The number of hydrogen-bond donors (Lipinski definition) is 0. The highest BCUT2D eigenvalue weighted by molar-refractivity contribution is 5.78. The van der Waals surface area contributed by atoms with Gasteiger partial charge >= 0.3 is 0 Å². The number of piperazine rings is 1. The van der Waals surface area contributed by atoms with Crippen LogP contribution in [0.5, 0.6) is 0 Å². The van der Waals surface area contributed by atoms with E-state index in [0.29, 0.717) is 11.7 Å². The van der Waals surface area contributed by atoms with Gasteiger partial charge in [0.05, 0.1) is 0 Å². The van der Waals surface area contributed by atoms with Gasteiger partial charge in [-0.1, -0.05) is 13.8 Å². The Balaban J connectivity index is 2.04. The first-order valence-electron chi connectivity index (χ1n) is 6.50. The summed E-state index contributed by atoms with van der Waals surface area (Å²) in [7, 11) is 2.17. The molecule has 1 aliphatic rings. The fraction of sp³-hybridized carbons (Fsp3) is 0.923. The molecule has 0 spiro atoms. The lowest BCUT2D eigenvalue weighted by Crippen LogP contribution is -2.44. The average Bonchev–Trinajstić information content (AvgIpc) is 2.20. The third kappa shape index (κ3) is 5.61. The second-order valence-corrected chi connectivity index (χ2v) is 5.39. The molecule has 0 unspecified atom stereocenters. The third-order valence-corrected chi connectivity index (χ3v) is 3.16. The van der Waals surface area contributed by atoms with Crippen molar-refractivity contribution in [2.45, 2.75) is 33.1 Å². The molecule has 94 valence electrons. The summed E-state index contributed by atoms with van der Waals surface area (Å²) < 4.78 is 0. The fourth-order valence-electron chi connectivity index (χ4n) is 2.13. The molecule has 1 fully saturated rings. The summed E-state index contributed by atoms with van der Waals surface area (Å²) in [4.78, 5) is 16.4. The number of carbonyl (C=O) groups excluding carboxylic acids is 1. The zero-order chi connectivity index (χ0) is 12.0. The minimum atomic E-state index is 0.434. The Morgan fingerprint density at radius 2 is 1.81 bits per heavy atom. The predicted molar refractivity (Wildman–Crippen MR) is 67.6 cm³/mol. The Hall–Kier alpha value is -0.410. The first-order chi connectivity index (χ1) is 7.58. The van der Waals surface area contributed by atoms with Gasteiger partial charge in [-0.15, -0.1) is 0 Å². The maximum atomic E-state index is 11.5. The first-order valence-corrected chi connectivity index (χ1v) is 6.50. The smallest absolute Gasteiger partial charge is 0.133 e. The Bertz CT molecular complexity index is 208. The van der Waals surface area contributed by atoms with E-state index in [-0.39, 0.29) is 0 Å². The minimum Gasteiger partial charge on any atom is -0.304 e. The quantitative estimate of drug-likeness (QED) is 0.688. The van der Waals surface area contributed by atoms with Crippen LogP contribution in [0.3, 0.4) is 0 Å². The van der Waals surface area contributed by atoms with E-state index >= 15 is 0 Å². The summed E-state index contributed by atoms with van der Waals surface area (Å²) in [5, 5.41) is 0. The van der Waals surface area contributed by atoms with Crippen molar-refractivity contribution in [2.75, 3.05) is 39.8 Å². The van der Waals surface area contributed by atoms with E-state index in [2.05, 4.69) is 30.7 Å². The van der Waals surface area contributed by atoms with E-state index in [1.807, 2.05) is 0 Å². The molecule has 3 nitrogen and oxygen atoms in total. The maximum absolute atomic E-state index is 11.5. The van der Waals surface area contributed by atoms with Crippen LogP contribution >= 0.6 is 0 Å². The highest BCUT2D eigenvalue weighted by Gasteiger charge is 2.13. The SMILES string of the molecule is CC(C)CC(=O)CCCN1CCN(C)CC1. The Morgan fingerprint density at radius 3 is 2.38 bits per heavy atom. The molecule has 0 amide bonds. The van der Waals surface area contributed by atoms with Gasteiger partial charge in [0.15, 0.2) is 0 Å². The van der Waals surface area contributed by atoms with Gasteiger partial charge in [0.2, 0.25) is 0 Å². The van der Waals surface area contributed by atoms with Crippen molar-refractivity contribution in [3.63, 3.8) is 0 Å². The number of hydrogen-bond acceptors (Lipinski definition) is 3. The highest BCUT2D eigenvalue weighted by Crippen LogP contribution is 2.06. The summed E-state index contributed by atoms with van der Waals surface area (Å²) >= 11 is 0. The lowest BCUT2D eigenvalue weighted by atomic mass is 10.0. The molecule has 0 bridgehead atoms. The van der Waals surface area contributed by atoms with Crippen molar-refractivity contribution in [2.24, 2.45) is 5.92 Å². The maximum Gasteiger partial charge on any atom is 0.133 e. The summed E-state index contributed by atoms with van der Waals surface area (Å²) in [5.41, 5.74) is 0. The molecular weight excluding hydrogens is 200 g/mol. The molecule has 1 saturated heterocycles. The fourth-order valence-corrected chi connectivity index (χ4v) is 2.13. The summed E-state index contributed by atoms with van der Waals surface area (Å²) in [6.45, 7) is 9.97. The van der Waals surface area contributed by atoms with Crippen molar-refractivity contribution in [3.8, 4) is 0 Å². The van der Waals surface area contributed by atoms with Crippen molar-refractivity contribution in [3.05, 3.63) is 0 Å². The van der Waals surface area contributed by atoms with Crippen molar-refractivity contribution < 1.29 is 4.79 Å². The van der Waals surface area contributed by atoms with Crippen LogP contribution in [-0.2, 0) is 4.79 Å². The van der Waals surface area contributed by atoms with Gasteiger partial charge < -0.3 is 9.80 Å². The van der Waals surface area contributed by atoms with E-state index in [1.54, 1.807) is 0 Å². The van der Waals surface area contributed by atoms with Gasteiger partial charge in [-0.3, -0.25) is 4.79 Å². The van der Waals surface area contributed by atoms with Crippen LogP contribution in [-0.4, -0.2) is 55.4 Å². The zero-order valence-electron chi connectivity index (χ0n) is 11.0. The van der Waals surface area contributed by atoms with Crippen molar-refractivity contribution >= 4 is 5.78 Å². The van der Waals surface area contributed by atoms with Crippen LogP contribution in [0, 0.1) is 5.92 Å². The summed E-state index contributed by atoms with van der Waals surface area (Å²) in [6.07, 6.45) is 2.56. The molecule has 0 N–H and O–H groups in total. The molecular formula is C13H26N2O. The van der Waals surface area contributed by atoms with Crippen LogP contribution in [0.15, 0.2) is 0 Å². The number of rotatable bonds is 6. The second kappa shape index (κ2) is 7.02. The van der Waals surface area contributed by atoms with E-state index in [1.165, 1.54) is 13.1 Å². The van der Waals surface area contributed by atoms with Gasteiger partial charge in [-0.25, -0.2) is 0 Å². The van der Waals surface area contributed by atoms with Crippen LogP contribution in [0.2, 0.25) is 0 Å². The van der Waals surface area contributed by atoms with E-state index < -0.39 is 0 Å². The second-order valence-electron chi connectivity index (χ2n) is 5.39. The molecule has 0 atom stereocenters. The Labute approximate surface area is 99.8 Å². The molecule has 1 heterocycles. The van der Waals surface area contributed by atoms with Gasteiger partial charge in [0.25, 0.3) is 0 Å². The summed E-state index contributed by atoms with van der Waals surface area (Å²) in [6, 6.07) is 0. The Kier molecular flexibility index (Phi) is 5.99. The third-order valence-electron chi connectivity index (χ3n) is 3.16. The van der Waals surface area contributed by atoms with Crippen molar-refractivity contribution in [1.82, 2.24) is 9.80 Å². The Morgan fingerprint density at radius 1 is 1.19 bits per heavy atom. The van der Waals surface area contributed by atoms with E-state index in [0.717, 1.165) is 38.9 Å². The molecule has 1 rings (SSSR count). The standard InChI is InChI=1S/C13H26N2O/c1-12(2)11-13(16)5-4-6-15-9-7-14(3)8-10-15/h12H,4-11H2,1-3H3. The molecule has 0 aliphatic carbocycles. The zero-order valence-corrected chi connectivity index (χ0v) is 11.0. The van der Waals surface area contributed by atoms with Crippen LogP contribution in [0.1, 0.15) is 33.1 Å². The van der Waals surface area contributed by atoms with E-state index in [9.17, 15) is 4.79 Å². The number of carbonyl (C=O) groups is 1. The van der Waals surface area contributed by atoms with Gasteiger partial charge in [0.1, 0.15) is 5.78 Å². The molecule has 0 saturated carbocycles. The molecule has 0 aromatic carbocycles. The molecule has 16 heavy (non-hydrogen) atoms. The first kappa shape index (κ1) is 13.7. The lowest BCUT2D eigenvalue weighted by Gasteiger charge is -2.32. The molecule has 0 radical (unpaired) electrons. The largest absolute Gasteiger partial charge is 0.304 e. The average molecular weight is 226 g/mol. The molecule has 3 heteroatoms. The summed E-state index contributed by atoms with van der Waals surface area (Å²) in [5.74, 6) is 0.945. The minimum absolute atomic E-state index is 0.434. The molecule has 0 aromatic heterocycles. The van der Waals surface area contributed by atoms with Crippen LogP contribution in [0.4, 0.5) is 0 Å². The highest BCUT2D eigenvalue weighted by atomic mass is 16.1. The monoisotopic (exact) mass is 226 g/mol. The molecule has 0 aromatic rings. The number of likely N-dealkylation sites (N-methyl/N-ethyl adjacent to an activating group) is 1. The lowest BCUT2D eigenvalue weighted by molar-refractivity contribution is -0.119. The topological polar surface area (TPSA) is 23.6 Å². The normalized spacial score (nSPS) is 19.2. The number of nitrogens with zero attached hydrogens (tertiary/aromatic N) is 2. The molecule has 1 aliphatic heterocycles. The van der Waals surface area contributed by atoms with E-state index in [4.69, 9.17) is 0 Å². The van der Waals surface area contributed by atoms with Crippen LogP contribution < -0.4 is 0 Å². The number of Topliss-reactive ketones (excluding diaryl/α,β-unsaturated/α-hetero) is 1. The van der Waals surface area contributed by atoms with Gasteiger partial charge in [-0.2, -0.15) is 0 Å². The predicted octanol–water partition coefficient (Wildman–Crippen LogP) is 1.63. The van der Waals surface area contributed by atoms with Gasteiger partial charge in [0, 0.05) is 39.0 Å².